The monoisotopic (exact) mass is 276 g/mol. The van der Waals surface area contributed by atoms with Crippen LogP contribution < -0.4 is 5.32 Å². The number of nitrogens with one attached hydrogen (secondary N) is 1. The summed E-state index contributed by atoms with van der Waals surface area (Å²) in [5, 5.41) is 3.72. The minimum absolute atomic E-state index is 0.541. The molecule has 3 nitrogen and oxygen atoms in total. The van der Waals surface area contributed by atoms with E-state index in [2.05, 4.69) is 36.3 Å². The van der Waals surface area contributed by atoms with Crippen molar-refractivity contribution in [3.8, 4) is 0 Å². The number of pyridine rings is 1. The highest BCUT2D eigenvalue weighted by molar-refractivity contribution is 5.15. The first-order valence-electron chi connectivity index (χ1n) is 8.08. The second kappa shape index (κ2) is 8.38. The van der Waals surface area contributed by atoms with Gasteiger partial charge in [-0.2, -0.15) is 0 Å². The second-order valence-electron chi connectivity index (χ2n) is 5.73. The SMILES string of the molecule is CCCNC(Cc1ccc(CC)cn1)C1CCOCC1. The fraction of sp³-hybridized carbons (Fsp3) is 0.706. The lowest BCUT2D eigenvalue weighted by molar-refractivity contribution is 0.0536. The molecule has 0 saturated carbocycles. The molecule has 0 bridgehead atoms. The maximum absolute atomic E-state index is 5.49. The molecule has 2 heterocycles. The van der Waals surface area contributed by atoms with Crippen molar-refractivity contribution in [3.05, 3.63) is 29.6 Å². The Morgan fingerprint density at radius 2 is 2.10 bits per heavy atom. The molecule has 1 aromatic rings. The van der Waals surface area contributed by atoms with Gasteiger partial charge >= 0.3 is 0 Å². The molecule has 20 heavy (non-hydrogen) atoms. The van der Waals surface area contributed by atoms with Crippen LogP contribution in [-0.4, -0.2) is 30.8 Å². The third-order valence-corrected chi connectivity index (χ3v) is 4.21. The Morgan fingerprint density at radius 3 is 2.70 bits per heavy atom. The number of rotatable bonds is 7. The zero-order valence-corrected chi connectivity index (χ0v) is 12.9. The first kappa shape index (κ1) is 15.5. The average molecular weight is 276 g/mol. The first-order chi connectivity index (χ1) is 9.83. The van der Waals surface area contributed by atoms with Crippen LogP contribution in [-0.2, 0) is 17.6 Å². The highest BCUT2D eigenvalue weighted by Gasteiger charge is 2.24. The van der Waals surface area contributed by atoms with Crippen molar-refractivity contribution < 1.29 is 4.74 Å². The molecular formula is C17H28N2O. The van der Waals surface area contributed by atoms with Gasteiger partial charge in [0.05, 0.1) is 0 Å². The van der Waals surface area contributed by atoms with Gasteiger partial charge in [0.2, 0.25) is 0 Å². The molecule has 112 valence electrons. The quantitative estimate of drug-likeness (QED) is 0.831. The Kier molecular flexibility index (Phi) is 6.48. The lowest BCUT2D eigenvalue weighted by Crippen LogP contribution is -2.41. The molecule has 1 aliphatic heterocycles. The molecule has 1 fully saturated rings. The normalized spacial score (nSPS) is 18.1. The number of aromatic nitrogens is 1. The summed E-state index contributed by atoms with van der Waals surface area (Å²) in [6.45, 7) is 7.32. The van der Waals surface area contributed by atoms with Gasteiger partial charge in [0.15, 0.2) is 0 Å². The fourth-order valence-electron chi connectivity index (χ4n) is 2.86. The van der Waals surface area contributed by atoms with E-state index >= 15 is 0 Å². The van der Waals surface area contributed by atoms with Crippen LogP contribution in [0.3, 0.4) is 0 Å². The van der Waals surface area contributed by atoms with Crippen LogP contribution >= 0.6 is 0 Å². The van der Waals surface area contributed by atoms with Gasteiger partial charge in [0, 0.05) is 37.6 Å². The minimum atomic E-state index is 0.541. The Hall–Kier alpha value is -0.930. The van der Waals surface area contributed by atoms with Crippen LogP contribution in [0, 0.1) is 5.92 Å². The second-order valence-corrected chi connectivity index (χ2v) is 5.73. The van der Waals surface area contributed by atoms with Gasteiger partial charge in [-0.05, 0) is 49.8 Å². The number of nitrogens with zero attached hydrogens (tertiary/aromatic N) is 1. The van der Waals surface area contributed by atoms with Crippen molar-refractivity contribution >= 4 is 0 Å². The van der Waals surface area contributed by atoms with Crippen LogP contribution in [0.4, 0.5) is 0 Å². The van der Waals surface area contributed by atoms with Crippen LogP contribution in [0.2, 0.25) is 0 Å². The third-order valence-electron chi connectivity index (χ3n) is 4.21. The van der Waals surface area contributed by atoms with Crippen LogP contribution in [0.25, 0.3) is 0 Å². The lowest BCUT2D eigenvalue weighted by atomic mass is 9.88. The van der Waals surface area contributed by atoms with Gasteiger partial charge in [0.25, 0.3) is 0 Å². The Labute approximate surface area is 123 Å². The maximum atomic E-state index is 5.49. The van der Waals surface area contributed by atoms with Crippen LogP contribution in [0.5, 0.6) is 0 Å². The number of hydrogen-bond donors (Lipinski definition) is 1. The summed E-state index contributed by atoms with van der Waals surface area (Å²) in [5.74, 6) is 0.725. The molecule has 1 atom stereocenters. The van der Waals surface area contributed by atoms with Crippen LogP contribution in [0.1, 0.15) is 44.4 Å². The van der Waals surface area contributed by atoms with Gasteiger partial charge in [-0.15, -0.1) is 0 Å². The predicted octanol–water partition coefficient (Wildman–Crippen LogP) is 2.98. The fourth-order valence-corrected chi connectivity index (χ4v) is 2.86. The Bertz CT molecular complexity index is 371. The van der Waals surface area contributed by atoms with Gasteiger partial charge in [-0.3, -0.25) is 4.98 Å². The summed E-state index contributed by atoms with van der Waals surface area (Å²) in [6.07, 6.45) is 7.65. The molecule has 2 rings (SSSR count). The van der Waals surface area contributed by atoms with Crippen molar-refractivity contribution in [2.24, 2.45) is 5.92 Å². The number of ether oxygens (including phenoxy) is 1. The smallest absolute Gasteiger partial charge is 0.0469 e. The summed E-state index contributed by atoms with van der Waals surface area (Å²) in [5.41, 5.74) is 2.53. The van der Waals surface area contributed by atoms with E-state index in [-0.39, 0.29) is 0 Å². The summed E-state index contributed by atoms with van der Waals surface area (Å²) in [6, 6.07) is 4.95. The average Bonchev–Trinajstić information content (AvgIpc) is 2.53. The summed E-state index contributed by atoms with van der Waals surface area (Å²) in [4.78, 5) is 4.62. The highest BCUT2D eigenvalue weighted by Crippen LogP contribution is 2.21. The van der Waals surface area contributed by atoms with Gasteiger partial charge in [0.1, 0.15) is 0 Å². The summed E-state index contributed by atoms with van der Waals surface area (Å²) < 4.78 is 5.49. The van der Waals surface area contributed by atoms with E-state index in [0.717, 1.165) is 38.5 Å². The standard InChI is InChI=1S/C17H28N2O/c1-3-9-18-17(15-7-10-20-11-8-15)12-16-6-5-14(4-2)13-19-16/h5-6,13,15,17-18H,3-4,7-12H2,1-2H3. The van der Waals surface area contributed by atoms with E-state index < -0.39 is 0 Å². The predicted molar refractivity (Wildman–Crippen MR) is 82.9 cm³/mol. The van der Waals surface area contributed by atoms with E-state index in [1.165, 1.54) is 30.5 Å². The Morgan fingerprint density at radius 1 is 1.30 bits per heavy atom. The molecule has 0 aromatic carbocycles. The molecule has 0 aliphatic carbocycles. The molecule has 0 amide bonds. The number of hydrogen-bond acceptors (Lipinski definition) is 3. The zero-order valence-electron chi connectivity index (χ0n) is 12.9. The van der Waals surface area contributed by atoms with Crippen molar-refractivity contribution in [1.29, 1.82) is 0 Å². The molecule has 1 N–H and O–H groups in total. The van der Waals surface area contributed by atoms with E-state index in [0.29, 0.717) is 6.04 Å². The molecule has 1 aromatic heterocycles. The molecule has 1 saturated heterocycles. The van der Waals surface area contributed by atoms with Crippen molar-refractivity contribution in [2.75, 3.05) is 19.8 Å². The number of aryl methyl sites for hydroxylation is 1. The molecular weight excluding hydrogens is 248 g/mol. The lowest BCUT2D eigenvalue weighted by Gasteiger charge is -2.31. The largest absolute Gasteiger partial charge is 0.381 e. The maximum Gasteiger partial charge on any atom is 0.0469 e. The first-order valence-corrected chi connectivity index (χ1v) is 8.08. The van der Waals surface area contributed by atoms with Crippen LogP contribution in [0.15, 0.2) is 18.3 Å². The van der Waals surface area contributed by atoms with E-state index in [1.54, 1.807) is 0 Å². The zero-order chi connectivity index (χ0) is 14.2. The molecule has 3 heteroatoms. The Balaban J connectivity index is 1.97. The van der Waals surface area contributed by atoms with E-state index in [9.17, 15) is 0 Å². The van der Waals surface area contributed by atoms with E-state index in [1.807, 2.05) is 6.20 Å². The van der Waals surface area contributed by atoms with Gasteiger partial charge in [-0.25, -0.2) is 0 Å². The van der Waals surface area contributed by atoms with Crippen molar-refractivity contribution in [3.63, 3.8) is 0 Å². The van der Waals surface area contributed by atoms with E-state index in [4.69, 9.17) is 4.74 Å². The minimum Gasteiger partial charge on any atom is -0.381 e. The molecule has 1 unspecified atom stereocenters. The van der Waals surface area contributed by atoms with Crippen molar-refractivity contribution in [2.45, 2.75) is 52.0 Å². The summed E-state index contributed by atoms with van der Waals surface area (Å²) in [7, 11) is 0. The molecule has 0 radical (unpaired) electrons. The third kappa shape index (κ3) is 4.57. The summed E-state index contributed by atoms with van der Waals surface area (Å²) >= 11 is 0. The molecule has 0 spiro atoms. The van der Waals surface area contributed by atoms with Gasteiger partial charge in [-0.1, -0.05) is 19.9 Å². The topological polar surface area (TPSA) is 34.2 Å². The van der Waals surface area contributed by atoms with Crippen molar-refractivity contribution in [1.82, 2.24) is 10.3 Å². The van der Waals surface area contributed by atoms with Gasteiger partial charge < -0.3 is 10.1 Å². The highest BCUT2D eigenvalue weighted by atomic mass is 16.5. The molecule has 1 aliphatic rings.